The van der Waals surface area contributed by atoms with Crippen molar-refractivity contribution in [3.05, 3.63) is 0 Å². The highest BCUT2D eigenvalue weighted by Gasteiger charge is 2.43. The number of nitrogens with one attached hydrogen (secondary N) is 1. The van der Waals surface area contributed by atoms with Crippen LogP contribution in [0.4, 0.5) is 0 Å². The van der Waals surface area contributed by atoms with Crippen molar-refractivity contribution in [3.8, 4) is 0 Å². The van der Waals surface area contributed by atoms with Gasteiger partial charge in [0.2, 0.25) is 17.7 Å². The molecule has 0 bridgehead atoms. The molecule has 3 unspecified atom stereocenters. The molecule has 0 aromatic carbocycles. The lowest BCUT2D eigenvalue weighted by atomic mass is 9.88. The molecule has 3 atom stereocenters. The molecule has 2 aliphatic rings. The molecule has 0 saturated carbocycles. The number of hydrogen-bond acceptors (Lipinski definition) is 3. The molecule has 2 aliphatic heterocycles. The molecule has 0 aromatic heterocycles. The minimum Gasteiger partial charge on any atom is -0.369 e. The summed E-state index contributed by atoms with van der Waals surface area (Å²) < 4.78 is 0. The average Bonchev–Trinajstić information content (AvgIpc) is 2.81. The second-order valence-corrected chi connectivity index (χ2v) is 6.24. The van der Waals surface area contributed by atoms with Crippen molar-refractivity contribution in [2.75, 3.05) is 13.1 Å². The van der Waals surface area contributed by atoms with E-state index in [2.05, 4.69) is 5.32 Å². The van der Waals surface area contributed by atoms with E-state index >= 15 is 0 Å². The summed E-state index contributed by atoms with van der Waals surface area (Å²) in [5, 5.41) is 2.89. The van der Waals surface area contributed by atoms with Crippen LogP contribution in [0.15, 0.2) is 0 Å². The summed E-state index contributed by atoms with van der Waals surface area (Å²) in [6, 6.07) is 0.0790. The summed E-state index contributed by atoms with van der Waals surface area (Å²) in [7, 11) is 0. The van der Waals surface area contributed by atoms with Gasteiger partial charge in [0, 0.05) is 31.5 Å². The third-order valence-electron chi connectivity index (χ3n) is 4.59. The smallest absolute Gasteiger partial charge is 0.226 e. The van der Waals surface area contributed by atoms with E-state index in [1.807, 2.05) is 6.92 Å². The molecule has 112 valence electrons. The van der Waals surface area contributed by atoms with E-state index in [0.717, 1.165) is 6.42 Å². The van der Waals surface area contributed by atoms with Crippen LogP contribution in [-0.4, -0.2) is 41.8 Å². The summed E-state index contributed by atoms with van der Waals surface area (Å²) >= 11 is 0. The normalized spacial score (nSPS) is 33.9. The first-order valence-corrected chi connectivity index (χ1v) is 7.24. The lowest BCUT2D eigenvalue weighted by Gasteiger charge is -2.31. The van der Waals surface area contributed by atoms with E-state index in [-0.39, 0.29) is 36.1 Å². The minimum absolute atomic E-state index is 0.0109. The lowest BCUT2D eigenvalue weighted by Crippen LogP contribution is -2.48. The van der Waals surface area contributed by atoms with Crippen molar-refractivity contribution in [2.24, 2.45) is 17.1 Å². The molecule has 0 radical (unpaired) electrons. The molecular formula is C14H23N3O3. The van der Waals surface area contributed by atoms with Gasteiger partial charge in [-0.15, -0.1) is 0 Å². The molecule has 6 heteroatoms. The SMILES string of the molecule is CCC1CC(C(=O)N2CCC(C)(C(N)=O)C2)CC(=O)N1. The third-order valence-corrected chi connectivity index (χ3v) is 4.59. The Hall–Kier alpha value is -1.59. The van der Waals surface area contributed by atoms with Crippen LogP contribution in [0.3, 0.4) is 0 Å². The predicted octanol–water partition coefficient (Wildman–Crippen LogP) is 0.0151. The van der Waals surface area contributed by atoms with E-state index in [1.165, 1.54) is 0 Å². The maximum absolute atomic E-state index is 12.5. The second kappa shape index (κ2) is 5.42. The van der Waals surface area contributed by atoms with Gasteiger partial charge in [-0.1, -0.05) is 6.92 Å². The molecular weight excluding hydrogens is 258 g/mol. The Morgan fingerprint density at radius 1 is 1.50 bits per heavy atom. The standard InChI is InChI=1S/C14H23N3O3/c1-3-10-6-9(7-11(18)16-10)12(19)17-5-4-14(2,8-17)13(15)20/h9-10H,3-8H2,1-2H3,(H2,15,20)(H,16,18). The number of rotatable bonds is 3. The number of hydrogen-bond donors (Lipinski definition) is 2. The number of primary amides is 1. The molecule has 2 rings (SSSR count). The predicted molar refractivity (Wildman–Crippen MR) is 73.4 cm³/mol. The highest BCUT2D eigenvalue weighted by atomic mass is 16.2. The molecule has 0 spiro atoms. The fraction of sp³-hybridized carbons (Fsp3) is 0.786. The number of carbonyl (C=O) groups excluding carboxylic acids is 3. The maximum atomic E-state index is 12.5. The van der Waals surface area contributed by atoms with Crippen molar-refractivity contribution in [1.82, 2.24) is 10.2 Å². The van der Waals surface area contributed by atoms with Gasteiger partial charge in [-0.2, -0.15) is 0 Å². The number of piperidine rings is 1. The van der Waals surface area contributed by atoms with Crippen molar-refractivity contribution in [1.29, 1.82) is 0 Å². The topological polar surface area (TPSA) is 92.5 Å². The molecule has 2 saturated heterocycles. The molecule has 3 amide bonds. The van der Waals surface area contributed by atoms with Gasteiger partial charge in [0.15, 0.2) is 0 Å². The monoisotopic (exact) mass is 281 g/mol. The second-order valence-electron chi connectivity index (χ2n) is 6.24. The van der Waals surface area contributed by atoms with E-state index in [4.69, 9.17) is 5.73 Å². The van der Waals surface area contributed by atoms with Crippen LogP contribution in [-0.2, 0) is 14.4 Å². The average molecular weight is 281 g/mol. The van der Waals surface area contributed by atoms with Crippen LogP contribution < -0.4 is 11.1 Å². The van der Waals surface area contributed by atoms with Crippen LogP contribution in [0.5, 0.6) is 0 Å². The van der Waals surface area contributed by atoms with Gasteiger partial charge in [0.25, 0.3) is 0 Å². The van der Waals surface area contributed by atoms with Crippen LogP contribution in [0.2, 0.25) is 0 Å². The van der Waals surface area contributed by atoms with Crippen molar-refractivity contribution in [3.63, 3.8) is 0 Å². The number of nitrogens with two attached hydrogens (primary N) is 1. The van der Waals surface area contributed by atoms with Gasteiger partial charge in [0.1, 0.15) is 0 Å². The zero-order chi connectivity index (χ0) is 14.9. The first-order valence-electron chi connectivity index (χ1n) is 7.24. The fourth-order valence-electron chi connectivity index (χ4n) is 3.06. The van der Waals surface area contributed by atoms with Gasteiger partial charge in [-0.3, -0.25) is 14.4 Å². The van der Waals surface area contributed by atoms with E-state index in [1.54, 1.807) is 11.8 Å². The number of carbonyl (C=O) groups is 3. The molecule has 3 N–H and O–H groups in total. The Balaban J connectivity index is 2.01. The summed E-state index contributed by atoms with van der Waals surface area (Å²) in [6.45, 7) is 4.71. The fourth-order valence-corrected chi connectivity index (χ4v) is 3.06. The third kappa shape index (κ3) is 2.78. The van der Waals surface area contributed by atoms with Crippen LogP contribution in [0.25, 0.3) is 0 Å². The first kappa shape index (κ1) is 14.8. The zero-order valence-electron chi connectivity index (χ0n) is 12.1. The molecule has 2 heterocycles. The minimum atomic E-state index is -0.628. The lowest BCUT2D eigenvalue weighted by molar-refractivity contribution is -0.140. The quantitative estimate of drug-likeness (QED) is 0.763. The zero-order valence-corrected chi connectivity index (χ0v) is 12.1. The van der Waals surface area contributed by atoms with Crippen molar-refractivity contribution < 1.29 is 14.4 Å². The van der Waals surface area contributed by atoms with Crippen molar-refractivity contribution >= 4 is 17.7 Å². The summed E-state index contributed by atoms with van der Waals surface area (Å²) in [5.41, 5.74) is 4.77. The van der Waals surface area contributed by atoms with Crippen LogP contribution >= 0.6 is 0 Å². The Morgan fingerprint density at radius 2 is 2.20 bits per heavy atom. The summed E-state index contributed by atoms with van der Waals surface area (Å²) in [4.78, 5) is 37.3. The molecule has 2 fully saturated rings. The van der Waals surface area contributed by atoms with Gasteiger partial charge in [0.05, 0.1) is 5.41 Å². The largest absolute Gasteiger partial charge is 0.369 e. The van der Waals surface area contributed by atoms with Gasteiger partial charge in [-0.25, -0.2) is 0 Å². The van der Waals surface area contributed by atoms with E-state index in [0.29, 0.717) is 25.9 Å². The number of amides is 3. The van der Waals surface area contributed by atoms with Crippen molar-refractivity contribution in [2.45, 2.75) is 45.6 Å². The van der Waals surface area contributed by atoms with Crippen LogP contribution in [0.1, 0.15) is 39.5 Å². The number of likely N-dealkylation sites (tertiary alicyclic amines) is 1. The molecule has 0 aliphatic carbocycles. The van der Waals surface area contributed by atoms with Gasteiger partial charge >= 0.3 is 0 Å². The number of nitrogens with zero attached hydrogens (tertiary/aromatic N) is 1. The summed E-state index contributed by atoms with van der Waals surface area (Å²) in [5.74, 6) is -0.689. The Kier molecular flexibility index (Phi) is 4.01. The molecule has 0 aromatic rings. The molecule has 6 nitrogen and oxygen atoms in total. The highest BCUT2D eigenvalue weighted by molar-refractivity contribution is 5.88. The van der Waals surface area contributed by atoms with E-state index in [9.17, 15) is 14.4 Å². The maximum Gasteiger partial charge on any atom is 0.226 e. The Labute approximate surface area is 119 Å². The van der Waals surface area contributed by atoms with Crippen LogP contribution in [0, 0.1) is 11.3 Å². The first-order chi connectivity index (χ1) is 9.35. The van der Waals surface area contributed by atoms with E-state index < -0.39 is 5.41 Å². The van der Waals surface area contributed by atoms with Gasteiger partial charge < -0.3 is 16.0 Å². The van der Waals surface area contributed by atoms with Gasteiger partial charge in [-0.05, 0) is 26.2 Å². The highest BCUT2D eigenvalue weighted by Crippen LogP contribution is 2.32. The molecule has 20 heavy (non-hydrogen) atoms. The Morgan fingerprint density at radius 3 is 2.75 bits per heavy atom. The Bertz CT molecular complexity index is 437. The summed E-state index contributed by atoms with van der Waals surface area (Å²) in [6.07, 6.45) is 2.36.